The molecule has 0 atom stereocenters. The molecule has 46 heavy (non-hydrogen) atoms. The number of hydrogen-bond acceptors (Lipinski definition) is 2. The van der Waals surface area contributed by atoms with Crippen LogP contribution in [0.5, 0.6) is 0 Å². The quantitative estimate of drug-likeness (QED) is 0.200. The Hall–Kier alpha value is -6.19. The molecule has 0 saturated heterocycles. The van der Waals surface area contributed by atoms with Crippen LogP contribution in [0.4, 0.5) is 0 Å². The first-order chi connectivity index (χ1) is 22.8. The van der Waals surface area contributed by atoms with Crippen molar-refractivity contribution in [1.29, 1.82) is 0 Å². The van der Waals surface area contributed by atoms with Crippen LogP contribution in [0, 0.1) is 0 Å². The normalized spacial score (nSPS) is 11.5. The van der Waals surface area contributed by atoms with Crippen LogP contribution < -0.4 is 0 Å². The molecule has 9 aromatic rings. The summed E-state index contributed by atoms with van der Waals surface area (Å²) in [5, 5.41) is 2.52. The third-order valence-electron chi connectivity index (χ3n) is 8.88. The molecule has 3 heteroatoms. The van der Waals surface area contributed by atoms with Gasteiger partial charge in [-0.3, -0.25) is 0 Å². The number of para-hydroxylation sites is 3. The molecule has 0 unspecified atom stereocenters. The summed E-state index contributed by atoms with van der Waals surface area (Å²) >= 11 is 0. The molecule has 7 aromatic carbocycles. The molecular formula is C43H28N2O. The number of benzene rings is 7. The number of rotatable bonds is 5. The first-order valence-electron chi connectivity index (χ1n) is 15.5. The van der Waals surface area contributed by atoms with Crippen LogP contribution in [0.25, 0.3) is 83.4 Å². The lowest BCUT2D eigenvalue weighted by Gasteiger charge is -2.10. The van der Waals surface area contributed by atoms with Gasteiger partial charge in [0.15, 0.2) is 5.58 Å². The highest BCUT2D eigenvalue weighted by Gasteiger charge is 2.14. The SMILES string of the molecule is c1ccc(-c2ccc3c(c2)c2ccccc2n3-c2ccc(-c3ccc(-c4ccc(-c5nc6ccccc6o5)cc4)cc3)cc2)cc1. The Bertz CT molecular complexity index is 2450. The van der Waals surface area contributed by atoms with Crippen molar-refractivity contribution >= 4 is 32.9 Å². The zero-order valence-electron chi connectivity index (χ0n) is 25.0. The molecule has 2 heterocycles. The number of aromatic nitrogens is 2. The number of oxazole rings is 1. The molecular weight excluding hydrogens is 560 g/mol. The van der Waals surface area contributed by atoms with Crippen molar-refractivity contribution in [3.05, 3.63) is 170 Å². The van der Waals surface area contributed by atoms with Crippen molar-refractivity contribution in [3.63, 3.8) is 0 Å². The fourth-order valence-corrected chi connectivity index (χ4v) is 6.52. The van der Waals surface area contributed by atoms with Gasteiger partial charge < -0.3 is 8.98 Å². The lowest BCUT2D eigenvalue weighted by molar-refractivity contribution is 0.620. The molecule has 2 aromatic heterocycles. The lowest BCUT2D eigenvalue weighted by Crippen LogP contribution is -1.93. The maximum absolute atomic E-state index is 5.95. The first-order valence-corrected chi connectivity index (χ1v) is 15.5. The zero-order valence-corrected chi connectivity index (χ0v) is 25.0. The summed E-state index contributed by atoms with van der Waals surface area (Å²) in [5.41, 5.74) is 13.4. The topological polar surface area (TPSA) is 31.0 Å². The van der Waals surface area contributed by atoms with Crippen LogP contribution in [0.2, 0.25) is 0 Å². The third-order valence-corrected chi connectivity index (χ3v) is 8.88. The van der Waals surface area contributed by atoms with E-state index in [1.807, 2.05) is 24.3 Å². The summed E-state index contributed by atoms with van der Waals surface area (Å²) in [4.78, 5) is 4.63. The van der Waals surface area contributed by atoms with E-state index in [4.69, 9.17) is 4.42 Å². The maximum Gasteiger partial charge on any atom is 0.227 e. The summed E-state index contributed by atoms with van der Waals surface area (Å²) < 4.78 is 8.32. The summed E-state index contributed by atoms with van der Waals surface area (Å²) in [6, 6.07) is 60.0. The minimum absolute atomic E-state index is 0.643. The van der Waals surface area contributed by atoms with E-state index in [1.54, 1.807) is 0 Å². The molecule has 0 fully saturated rings. The Morgan fingerprint density at radius 2 is 0.913 bits per heavy atom. The highest BCUT2D eigenvalue weighted by atomic mass is 16.3. The molecule has 0 amide bonds. The van der Waals surface area contributed by atoms with Crippen LogP contribution in [0.3, 0.4) is 0 Å². The molecule has 0 saturated carbocycles. The average molecular weight is 589 g/mol. The number of fused-ring (bicyclic) bond motifs is 4. The zero-order chi connectivity index (χ0) is 30.5. The Morgan fingerprint density at radius 1 is 0.391 bits per heavy atom. The molecule has 9 rings (SSSR count). The van der Waals surface area contributed by atoms with Crippen molar-refractivity contribution in [2.75, 3.05) is 0 Å². The molecule has 0 aliphatic rings. The second-order valence-corrected chi connectivity index (χ2v) is 11.6. The van der Waals surface area contributed by atoms with Crippen LogP contribution >= 0.6 is 0 Å². The van der Waals surface area contributed by atoms with E-state index in [9.17, 15) is 0 Å². The van der Waals surface area contributed by atoms with E-state index in [-0.39, 0.29) is 0 Å². The number of hydrogen-bond donors (Lipinski definition) is 0. The Morgan fingerprint density at radius 3 is 1.61 bits per heavy atom. The Balaban J connectivity index is 1.00. The Kier molecular flexibility index (Phi) is 6.14. The smallest absolute Gasteiger partial charge is 0.227 e. The van der Waals surface area contributed by atoms with Crippen molar-refractivity contribution < 1.29 is 4.42 Å². The minimum Gasteiger partial charge on any atom is -0.436 e. The molecule has 0 bridgehead atoms. The van der Waals surface area contributed by atoms with Gasteiger partial charge in [0.2, 0.25) is 5.89 Å². The van der Waals surface area contributed by atoms with Gasteiger partial charge in [0.25, 0.3) is 0 Å². The highest BCUT2D eigenvalue weighted by Crippen LogP contribution is 2.36. The monoisotopic (exact) mass is 588 g/mol. The van der Waals surface area contributed by atoms with Crippen LogP contribution in [-0.2, 0) is 0 Å². The van der Waals surface area contributed by atoms with E-state index in [0.717, 1.165) is 27.9 Å². The van der Waals surface area contributed by atoms with Gasteiger partial charge in [0.1, 0.15) is 5.52 Å². The number of nitrogens with zero attached hydrogens (tertiary/aromatic N) is 2. The van der Waals surface area contributed by atoms with E-state index in [2.05, 4.69) is 155 Å². The first kappa shape index (κ1) is 26.2. The lowest BCUT2D eigenvalue weighted by atomic mass is 9.99. The fourth-order valence-electron chi connectivity index (χ4n) is 6.52. The van der Waals surface area contributed by atoms with E-state index < -0.39 is 0 Å². The highest BCUT2D eigenvalue weighted by molar-refractivity contribution is 6.10. The summed E-state index contributed by atoms with van der Waals surface area (Å²) in [6.45, 7) is 0. The predicted molar refractivity (Wildman–Crippen MR) is 190 cm³/mol. The average Bonchev–Trinajstić information content (AvgIpc) is 3.72. The van der Waals surface area contributed by atoms with Crippen LogP contribution in [-0.4, -0.2) is 9.55 Å². The van der Waals surface area contributed by atoms with Crippen molar-refractivity contribution in [3.8, 4) is 50.5 Å². The summed E-state index contributed by atoms with van der Waals surface area (Å²) in [7, 11) is 0. The standard InChI is InChI=1S/C43H28N2O/c1-2-8-29(9-3-1)35-24-27-41-38(28-35)37-10-4-6-12-40(37)45(41)36-25-22-33(23-26-36)31-16-14-30(15-17-31)32-18-20-34(21-19-32)43-44-39-11-5-7-13-42(39)46-43/h1-28H. The van der Waals surface area contributed by atoms with Crippen molar-refractivity contribution in [2.24, 2.45) is 0 Å². The second kappa shape index (κ2) is 10.8. The summed E-state index contributed by atoms with van der Waals surface area (Å²) in [6.07, 6.45) is 0. The van der Waals surface area contributed by atoms with Gasteiger partial charge >= 0.3 is 0 Å². The van der Waals surface area contributed by atoms with E-state index in [1.165, 1.54) is 49.6 Å². The Labute approximate surface area is 266 Å². The van der Waals surface area contributed by atoms with E-state index in [0.29, 0.717) is 5.89 Å². The van der Waals surface area contributed by atoms with Gasteiger partial charge in [-0.2, -0.15) is 0 Å². The predicted octanol–water partition coefficient (Wildman–Crippen LogP) is 11.6. The minimum atomic E-state index is 0.643. The molecule has 3 nitrogen and oxygen atoms in total. The van der Waals surface area contributed by atoms with Crippen molar-refractivity contribution in [2.45, 2.75) is 0 Å². The van der Waals surface area contributed by atoms with Crippen molar-refractivity contribution in [1.82, 2.24) is 9.55 Å². The second-order valence-electron chi connectivity index (χ2n) is 11.6. The third kappa shape index (κ3) is 4.49. The van der Waals surface area contributed by atoms with Crippen LogP contribution in [0.15, 0.2) is 174 Å². The molecule has 0 aliphatic heterocycles. The van der Waals surface area contributed by atoms with Crippen LogP contribution in [0.1, 0.15) is 0 Å². The fraction of sp³-hybridized carbons (Fsp3) is 0. The molecule has 0 spiro atoms. The van der Waals surface area contributed by atoms with Gasteiger partial charge in [-0.1, -0.05) is 115 Å². The van der Waals surface area contributed by atoms with Gasteiger partial charge in [0.05, 0.1) is 11.0 Å². The molecule has 0 radical (unpaired) electrons. The molecule has 216 valence electrons. The van der Waals surface area contributed by atoms with E-state index >= 15 is 0 Å². The van der Waals surface area contributed by atoms with Gasteiger partial charge in [-0.05, 0) is 88.0 Å². The molecule has 0 aliphatic carbocycles. The van der Waals surface area contributed by atoms with Gasteiger partial charge in [-0.15, -0.1) is 0 Å². The largest absolute Gasteiger partial charge is 0.436 e. The maximum atomic E-state index is 5.95. The summed E-state index contributed by atoms with van der Waals surface area (Å²) in [5.74, 6) is 0.643. The van der Waals surface area contributed by atoms with Gasteiger partial charge in [0, 0.05) is 22.0 Å². The molecule has 0 N–H and O–H groups in total. The van der Waals surface area contributed by atoms with Gasteiger partial charge in [-0.25, -0.2) is 4.98 Å².